The van der Waals surface area contributed by atoms with Crippen LogP contribution < -0.4 is 5.32 Å². The van der Waals surface area contributed by atoms with E-state index in [1.807, 2.05) is 18.8 Å². The maximum atomic E-state index is 4.11. The van der Waals surface area contributed by atoms with Crippen LogP contribution in [0, 0.1) is 0 Å². The number of aryl methyl sites for hydroxylation is 1. The second-order valence-corrected chi connectivity index (χ2v) is 4.95. The lowest BCUT2D eigenvalue weighted by atomic mass is 10.2. The summed E-state index contributed by atoms with van der Waals surface area (Å²) in [6.07, 6.45) is 1.87. The minimum absolute atomic E-state index is 0.0897. The summed E-state index contributed by atoms with van der Waals surface area (Å²) in [5.41, 5.74) is 2.85. The maximum Gasteiger partial charge on any atom is 0.153 e. The number of hydrogen-bond acceptors (Lipinski definition) is 5. The van der Waals surface area contributed by atoms with Crippen molar-refractivity contribution in [2.24, 2.45) is 7.05 Å². The molecule has 2 heterocycles. The van der Waals surface area contributed by atoms with Crippen molar-refractivity contribution in [1.82, 2.24) is 25.3 Å². The zero-order chi connectivity index (χ0) is 11.5. The molecule has 0 aliphatic rings. The molecule has 0 aromatic carbocycles. The molecule has 0 saturated heterocycles. The first-order valence-electron chi connectivity index (χ1n) is 4.90. The average Bonchev–Trinajstić information content (AvgIpc) is 2.87. The quantitative estimate of drug-likeness (QED) is 0.934. The molecule has 7 heteroatoms. The first-order valence-corrected chi connectivity index (χ1v) is 6.58. The highest BCUT2D eigenvalue weighted by molar-refractivity contribution is 9.10. The summed E-state index contributed by atoms with van der Waals surface area (Å²) in [4.78, 5) is 5.27. The second-order valence-electron chi connectivity index (χ2n) is 3.28. The number of nitrogens with one attached hydrogen (secondary N) is 1. The molecule has 1 atom stereocenters. The normalized spacial score (nSPS) is 12.9. The minimum Gasteiger partial charge on any atom is -0.304 e. The highest BCUT2D eigenvalue weighted by Crippen LogP contribution is 2.28. The van der Waals surface area contributed by atoms with Crippen molar-refractivity contribution in [3.8, 4) is 0 Å². The Kier molecular flexibility index (Phi) is 3.67. The molecular weight excluding hydrogens is 290 g/mol. The van der Waals surface area contributed by atoms with Crippen LogP contribution in [0.2, 0.25) is 0 Å². The minimum atomic E-state index is 0.0897. The van der Waals surface area contributed by atoms with E-state index in [1.165, 1.54) is 0 Å². The fourth-order valence-electron chi connectivity index (χ4n) is 1.55. The highest BCUT2D eigenvalue weighted by atomic mass is 79.9. The molecule has 2 rings (SSSR count). The van der Waals surface area contributed by atoms with E-state index >= 15 is 0 Å². The molecule has 2 aromatic heterocycles. The molecular formula is C9H12BrN5S. The molecule has 0 fully saturated rings. The van der Waals surface area contributed by atoms with Gasteiger partial charge in [-0.1, -0.05) is 12.1 Å². The Morgan fingerprint density at radius 1 is 1.62 bits per heavy atom. The lowest BCUT2D eigenvalue weighted by molar-refractivity contribution is 0.572. The van der Waals surface area contributed by atoms with Crippen LogP contribution in [0.4, 0.5) is 0 Å². The smallest absolute Gasteiger partial charge is 0.153 e. The van der Waals surface area contributed by atoms with E-state index in [-0.39, 0.29) is 6.04 Å². The van der Waals surface area contributed by atoms with Gasteiger partial charge in [-0.05, 0) is 22.5 Å². The number of rotatable bonds is 4. The van der Waals surface area contributed by atoms with Crippen LogP contribution in [0.5, 0.6) is 0 Å². The number of hydrogen-bond donors (Lipinski definition) is 1. The van der Waals surface area contributed by atoms with Gasteiger partial charge in [0.05, 0.1) is 17.2 Å². The third kappa shape index (κ3) is 2.16. The molecule has 2 aromatic rings. The number of halogens is 1. The van der Waals surface area contributed by atoms with Crippen LogP contribution in [0.15, 0.2) is 16.3 Å². The fraction of sp³-hybridized carbons (Fsp3) is 0.444. The summed E-state index contributed by atoms with van der Waals surface area (Å²) in [6.45, 7) is 2.95. The third-order valence-corrected chi connectivity index (χ3v) is 3.65. The summed E-state index contributed by atoms with van der Waals surface area (Å²) >= 11 is 5.05. The number of nitrogens with zero attached hydrogens (tertiary/aromatic N) is 4. The molecule has 0 radical (unpaired) electrons. The van der Waals surface area contributed by atoms with E-state index in [9.17, 15) is 0 Å². The zero-order valence-corrected chi connectivity index (χ0v) is 11.4. The van der Waals surface area contributed by atoms with Gasteiger partial charge in [0.2, 0.25) is 0 Å². The fourth-order valence-corrected chi connectivity index (χ4v) is 2.80. The van der Waals surface area contributed by atoms with E-state index in [4.69, 9.17) is 0 Å². The van der Waals surface area contributed by atoms with Crippen LogP contribution in [-0.4, -0.2) is 26.5 Å². The average molecular weight is 302 g/mol. The first kappa shape index (κ1) is 11.7. The van der Waals surface area contributed by atoms with Gasteiger partial charge < -0.3 is 5.32 Å². The van der Waals surface area contributed by atoms with E-state index in [1.54, 1.807) is 16.0 Å². The Bertz CT molecular complexity index is 433. The summed E-state index contributed by atoms with van der Waals surface area (Å²) < 4.78 is 2.55. The van der Waals surface area contributed by atoms with Gasteiger partial charge in [0.25, 0.3) is 0 Å². The van der Waals surface area contributed by atoms with Crippen molar-refractivity contribution in [2.75, 3.05) is 6.54 Å². The summed E-state index contributed by atoms with van der Waals surface area (Å²) in [5.74, 6) is 0. The second kappa shape index (κ2) is 5.03. The maximum absolute atomic E-state index is 4.11. The monoisotopic (exact) mass is 301 g/mol. The van der Waals surface area contributed by atoms with Gasteiger partial charge in [-0.15, -0.1) is 16.4 Å². The van der Waals surface area contributed by atoms with Gasteiger partial charge in [0.1, 0.15) is 0 Å². The Morgan fingerprint density at radius 2 is 2.44 bits per heavy atom. The van der Waals surface area contributed by atoms with Crippen LogP contribution >= 0.6 is 27.3 Å². The predicted molar refractivity (Wildman–Crippen MR) is 66.3 cm³/mol. The first-order chi connectivity index (χ1) is 7.74. The molecule has 0 aliphatic heterocycles. The highest BCUT2D eigenvalue weighted by Gasteiger charge is 2.22. The summed E-state index contributed by atoms with van der Waals surface area (Å²) in [6, 6.07) is 0.0897. The largest absolute Gasteiger partial charge is 0.304 e. The Hall–Kier alpha value is -0.790. The molecule has 0 bridgehead atoms. The van der Waals surface area contributed by atoms with Crippen molar-refractivity contribution in [3.05, 3.63) is 26.9 Å². The predicted octanol–water partition coefficient (Wildman–Crippen LogP) is 1.73. The standard InChI is InChI=1S/C9H12BrN5S/c1-3-12-7(6-4-11-5-16-6)8-9(10)13-14-15(8)2/h4-5,7,12H,3H2,1-2H3. The van der Waals surface area contributed by atoms with Crippen LogP contribution in [0.25, 0.3) is 0 Å². The third-order valence-electron chi connectivity index (χ3n) is 2.24. The van der Waals surface area contributed by atoms with Crippen LogP contribution in [0.1, 0.15) is 23.5 Å². The topological polar surface area (TPSA) is 55.6 Å². The Labute approximate surface area is 106 Å². The van der Waals surface area contributed by atoms with Gasteiger partial charge in [-0.3, -0.25) is 4.98 Å². The molecule has 0 saturated carbocycles. The molecule has 0 spiro atoms. The van der Waals surface area contributed by atoms with E-state index in [0.717, 1.165) is 21.7 Å². The molecule has 1 N–H and O–H groups in total. The van der Waals surface area contributed by atoms with E-state index < -0.39 is 0 Å². The zero-order valence-electron chi connectivity index (χ0n) is 9.01. The van der Waals surface area contributed by atoms with Crippen molar-refractivity contribution in [2.45, 2.75) is 13.0 Å². The summed E-state index contributed by atoms with van der Waals surface area (Å²) in [5, 5.41) is 11.4. The van der Waals surface area contributed by atoms with Crippen molar-refractivity contribution < 1.29 is 0 Å². The van der Waals surface area contributed by atoms with Gasteiger partial charge in [-0.25, -0.2) is 4.68 Å². The van der Waals surface area contributed by atoms with Crippen molar-refractivity contribution >= 4 is 27.3 Å². The van der Waals surface area contributed by atoms with Crippen molar-refractivity contribution in [1.29, 1.82) is 0 Å². The molecule has 0 amide bonds. The number of thiazole rings is 1. The molecule has 86 valence electrons. The van der Waals surface area contributed by atoms with Crippen LogP contribution in [0.3, 0.4) is 0 Å². The van der Waals surface area contributed by atoms with Crippen molar-refractivity contribution in [3.63, 3.8) is 0 Å². The lowest BCUT2D eigenvalue weighted by Gasteiger charge is -2.15. The Balaban J connectivity index is 2.40. The number of aromatic nitrogens is 4. The van der Waals surface area contributed by atoms with Gasteiger partial charge in [0.15, 0.2) is 4.60 Å². The van der Waals surface area contributed by atoms with E-state index in [2.05, 4.69) is 43.5 Å². The summed E-state index contributed by atoms with van der Waals surface area (Å²) in [7, 11) is 1.89. The SMILES string of the molecule is CCNC(c1cncs1)c1c(Br)nnn1C. The molecule has 5 nitrogen and oxygen atoms in total. The van der Waals surface area contributed by atoms with E-state index in [0.29, 0.717) is 0 Å². The van der Waals surface area contributed by atoms with Gasteiger partial charge >= 0.3 is 0 Å². The molecule has 16 heavy (non-hydrogen) atoms. The Morgan fingerprint density at radius 3 is 2.94 bits per heavy atom. The van der Waals surface area contributed by atoms with Crippen LogP contribution in [-0.2, 0) is 7.05 Å². The molecule has 1 unspecified atom stereocenters. The van der Waals surface area contributed by atoms with Gasteiger partial charge in [0, 0.05) is 18.1 Å². The molecule has 0 aliphatic carbocycles. The van der Waals surface area contributed by atoms with Gasteiger partial charge in [-0.2, -0.15) is 0 Å². The lowest BCUT2D eigenvalue weighted by Crippen LogP contribution is -2.23.